The molecule has 6 heteroatoms. The number of esters is 1. The number of hydrogen-bond donors (Lipinski definition) is 2. The number of carbonyl (C=O) groups is 3. The maximum Gasteiger partial charge on any atom is 0.329 e. The van der Waals surface area contributed by atoms with Gasteiger partial charge < -0.3 is 15.4 Å². The fourth-order valence-corrected chi connectivity index (χ4v) is 3.03. The minimum absolute atomic E-state index is 0.0162. The van der Waals surface area contributed by atoms with Gasteiger partial charge >= 0.3 is 5.97 Å². The van der Waals surface area contributed by atoms with Crippen molar-refractivity contribution in [3.05, 3.63) is 48.0 Å². The fraction of sp³-hybridized carbons (Fsp3) is 0.458. The first kappa shape index (κ1) is 23.4. The molecule has 0 aliphatic heterocycles. The number of fused-ring (bicyclic) bond motifs is 1. The molecule has 0 fully saturated rings. The molecule has 2 aromatic carbocycles. The first-order chi connectivity index (χ1) is 14.2. The number of hydrogen-bond acceptors (Lipinski definition) is 4. The van der Waals surface area contributed by atoms with Crippen LogP contribution in [0.15, 0.2) is 42.5 Å². The first-order valence-electron chi connectivity index (χ1n) is 10.4. The van der Waals surface area contributed by atoms with Gasteiger partial charge in [-0.15, -0.1) is 0 Å². The van der Waals surface area contributed by atoms with Crippen LogP contribution in [0.2, 0.25) is 0 Å². The summed E-state index contributed by atoms with van der Waals surface area (Å²) in [5.41, 5.74) is 0.892. The van der Waals surface area contributed by atoms with Crippen molar-refractivity contribution >= 4 is 28.6 Å². The topological polar surface area (TPSA) is 84.5 Å². The molecular weight excluding hydrogens is 380 g/mol. The molecule has 0 bridgehead atoms. The molecule has 0 aliphatic carbocycles. The molecule has 6 nitrogen and oxygen atoms in total. The van der Waals surface area contributed by atoms with Crippen LogP contribution in [-0.2, 0) is 25.5 Å². The van der Waals surface area contributed by atoms with Gasteiger partial charge in [-0.3, -0.25) is 9.59 Å². The Kier molecular flexibility index (Phi) is 8.39. The van der Waals surface area contributed by atoms with E-state index in [9.17, 15) is 14.4 Å². The van der Waals surface area contributed by atoms with Crippen LogP contribution in [0.3, 0.4) is 0 Å². The third kappa shape index (κ3) is 6.58. The Labute approximate surface area is 178 Å². The van der Waals surface area contributed by atoms with E-state index in [0.717, 1.165) is 16.3 Å². The quantitative estimate of drug-likeness (QED) is 0.620. The zero-order valence-electron chi connectivity index (χ0n) is 18.4. The molecule has 2 atom stereocenters. The van der Waals surface area contributed by atoms with Crippen LogP contribution in [0.5, 0.6) is 0 Å². The van der Waals surface area contributed by atoms with Crippen molar-refractivity contribution < 1.29 is 19.1 Å². The lowest BCUT2D eigenvalue weighted by Crippen LogP contribution is -2.47. The first-order valence-corrected chi connectivity index (χ1v) is 10.4. The summed E-state index contributed by atoms with van der Waals surface area (Å²) < 4.78 is 5.16. The minimum Gasteiger partial charge on any atom is -0.454 e. The number of benzene rings is 2. The van der Waals surface area contributed by atoms with Gasteiger partial charge in [0.2, 0.25) is 5.91 Å². The lowest BCUT2D eigenvalue weighted by molar-refractivity contribution is -0.153. The average molecular weight is 413 g/mol. The third-order valence-electron chi connectivity index (χ3n) is 5.20. The molecule has 2 amide bonds. The molecule has 0 radical (unpaired) electrons. The van der Waals surface area contributed by atoms with Crippen molar-refractivity contribution in [2.24, 2.45) is 11.8 Å². The van der Waals surface area contributed by atoms with Crippen LogP contribution in [-0.4, -0.2) is 36.5 Å². The van der Waals surface area contributed by atoms with E-state index in [1.54, 1.807) is 0 Å². The molecule has 0 spiro atoms. The van der Waals surface area contributed by atoms with E-state index in [-0.39, 0.29) is 42.7 Å². The molecular formula is C24H32N2O4. The van der Waals surface area contributed by atoms with E-state index in [0.29, 0.717) is 0 Å². The summed E-state index contributed by atoms with van der Waals surface area (Å²) in [4.78, 5) is 37.1. The Morgan fingerprint density at radius 3 is 2.17 bits per heavy atom. The monoisotopic (exact) mass is 412 g/mol. The summed E-state index contributed by atoms with van der Waals surface area (Å²) in [5.74, 6) is -1.12. The number of ether oxygens (including phenoxy) is 1. The second-order valence-electron chi connectivity index (χ2n) is 8.31. The average Bonchev–Trinajstić information content (AvgIpc) is 2.70. The molecule has 2 aromatic rings. The van der Waals surface area contributed by atoms with E-state index in [1.807, 2.05) is 77.1 Å². The Balaban J connectivity index is 1.96. The Morgan fingerprint density at radius 2 is 1.50 bits per heavy atom. The molecule has 0 saturated carbocycles. The normalized spacial score (nSPS) is 13.2. The minimum atomic E-state index is -0.817. The standard InChI is InChI=1S/C24H32N2O4/c1-15(2)17(5)25-22(28)14-30-24(29)23(16(3)4)26-21(27)13-19-11-8-10-18-9-6-7-12-20(18)19/h6-12,15-17,23H,13-14H2,1-5H3,(H,25,28)(H,26,27)/t17-,23-/m0/s1. The van der Waals surface area contributed by atoms with Crippen molar-refractivity contribution in [3.63, 3.8) is 0 Å². The van der Waals surface area contributed by atoms with E-state index in [1.165, 1.54) is 0 Å². The summed E-state index contributed by atoms with van der Waals surface area (Å²) in [6.45, 7) is 9.18. The van der Waals surface area contributed by atoms with Gasteiger partial charge in [-0.05, 0) is 35.1 Å². The van der Waals surface area contributed by atoms with E-state index in [4.69, 9.17) is 4.74 Å². The van der Waals surface area contributed by atoms with Crippen LogP contribution in [0.1, 0.15) is 40.2 Å². The van der Waals surface area contributed by atoms with Gasteiger partial charge in [0, 0.05) is 6.04 Å². The van der Waals surface area contributed by atoms with Gasteiger partial charge in [0.1, 0.15) is 6.04 Å². The van der Waals surface area contributed by atoms with E-state index in [2.05, 4.69) is 10.6 Å². The van der Waals surface area contributed by atoms with Gasteiger partial charge in [-0.2, -0.15) is 0 Å². The summed E-state index contributed by atoms with van der Waals surface area (Å²) in [6.07, 6.45) is 0.157. The van der Waals surface area contributed by atoms with Crippen molar-refractivity contribution in [2.45, 2.75) is 53.1 Å². The highest BCUT2D eigenvalue weighted by Gasteiger charge is 2.26. The van der Waals surface area contributed by atoms with Crippen LogP contribution in [0, 0.1) is 11.8 Å². The molecule has 30 heavy (non-hydrogen) atoms. The van der Waals surface area contributed by atoms with Crippen LogP contribution < -0.4 is 10.6 Å². The lowest BCUT2D eigenvalue weighted by atomic mass is 10.0. The van der Waals surface area contributed by atoms with Gasteiger partial charge in [-0.25, -0.2) is 4.79 Å². The number of amides is 2. The van der Waals surface area contributed by atoms with Gasteiger partial charge in [-0.1, -0.05) is 70.2 Å². The maximum absolute atomic E-state index is 12.6. The van der Waals surface area contributed by atoms with E-state index >= 15 is 0 Å². The summed E-state index contributed by atoms with van der Waals surface area (Å²) in [5, 5.41) is 7.63. The van der Waals surface area contributed by atoms with Crippen molar-refractivity contribution in [3.8, 4) is 0 Å². The molecule has 0 saturated heterocycles. The molecule has 0 unspecified atom stereocenters. The highest BCUT2D eigenvalue weighted by atomic mass is 16.5. The lowest BCUT2D eigenvalue weighted by Gasteiger charge is -2.22. The second-order valence-corrected chi connectivity index (χ2v) is 8.31. The van der Waals surface area contributed by atoms with Crippen LogP contribution in [0.4, 0.5) is 0 Å². The van der Waals surface area contributed by atoms with Gasteiger partial charge in [0.05, 0.1) is 6.42 Å². The summed E-state index contributed by atoms with van der Waals surface area (Å²) >= 11 is 0. The number of carbonyl (C=O) groups excluding carboxylic acids is 3. The Morgan fingerprint density at radius 1 is 0.833 bits per heavy atom. The largest absolute Gasteiger partial charge is 0.454 e. The number of nitrogens with one attached hydrogen (secondary N) is 2. The Bertz CT molecular complexity index is 886. The van der Waals surface area contributed by atoms with E-state index < -0.39 is 12.0 Å². The van der Waals surface area contributed by atoms with Crippen LogP contribution in [0.25, 0.3) is 10.8 Å². The molecule has 2 N–H and O–H groups in total. The van der Waals surface area contributed by atoms with Crippen molar-refractivity contribution in [1.82, 2.24) is 10.6 Å². The molecule has 0 aromatic heterocycles. The van der Waals surface area contributed by atoms with Crippen molar-refractivity contribution in [1.29, 1.82) is 0 Å². The predicted molar refractivity (Wildman–Crippen MR) is 118 cm³/mol. The molecule has 162 valence electrons. The maximum atomic E-state index is 12.6. The molecule has 0 heterocycles. The highest BCUT2D eigenvalue weighted by molar-refractivity contribution is 5.92. The predicted octanol–water partition coefficient (Wildman–Crippen LogP) is 3.23. The number of rotatable bonds is 9. The molecule has 2 rings (SSSR count). The zero-order chi connectivity index (χ0) is 22.3. The smallest absolute Gasteiger partial charge is 0.329 e. The Hall–Kier alpha value is -2.89. The van der Waals surface area contributed by atoms with Gasteiger partial charge in [0.15, 0.2) is 6.61 Å². The third-order valence-corrected chi connectivity index (χ3v) is 5.20. The van der Waals surface area contributed by atoms with Crippen molar-refractivity contribution in [2.75, 3.05) is 6.61 Å². The molecule has 0 aliphatic rings. The highest BCUT2D eigenvalue weighted by Crippen LogP contribution is 2.19. The van der Waals surface area contributed by atoms with Crippen LogP contribution >= 0.6 is 0 Å². The second kappa shape index (κ2) is 10.8. The summed E-state index contributed by atoms with van der Waals surface area (Å²) in [6, 6.07) is 12.8. The summed E-state index contributed by atoms with van der Waals surface area (Å²) in [7, 11) is 0. The SMILES string of the molecule is CC(C)[C@H](C)NC(=O)COC(=O)[C@@H](NC(=O)Cc1cccc2ccccc12)C(C)C. The van der Waals surface area contributed by atoms with Gasteiger partial charge in [0.25, 0.3) is 5.91 Å². The fourth-order valence-electron chi connectivity index (χ4n) is 3.03. The zero-order valence-corrected chi connectivity index (χ0v) is 18.4.